The van der Waals surface area contributed by atoms with Crippen LogP contribution in [0.25, 0.3) is 10.9 Å². The molecule has 0 saturated carbocycles. The standard InChI is InChI=1S/C27H39F3N6O2/c1-33-23-19-21(36-8-4-2-3-5-9-36)18-22(27(28,29)30)24(23)25(32-33)26(37)31-20-6-10-34(11-7-20)12-13-35-14-16-38-17-15-35/h18-20H,2-17H2,1H3,(H,31,37). The van der Waals surface area contributed by atoms with Gasteiger partial charge in [-0.1, -0.05) is 12.8 Å². The van der Waals surface area contributed by atoms with Crippen molar-refractivity contribution in [2.75, 3.05) is 70.5 Å². The van der Waals surface area contributed by atoms with Crippen molar-refractivity contribution in [2.45, 2.75) is 50.7 Å². The summed E-state index contributed by atoms with van der Waals surface area (Å²) in [6, 6.07) is 2.89. The summed E-state index contributed by atoms with van der Waals surface area (Å²) in [6.07, 6.45) is 1.05. The van der Waals surface area contributed by atoms with E-state index in [2.05, 4.69) is 20.2 Å². The Morgan fingerprint density at radius 2 is 1.61 bits per heavy atom. The van der Waals surface area contributed by atoms with Crippen molar-refractivity contribution in [3.8, 4) is 0 Å². The predicted octanol–water partition coefficient (Wildman–Crippen LogP) is 3.50. The van der Waals surface area contributed by atoms with E-state index in [1.807, 2.05) is 4.90 Å². The summed E-state index contributed by atoms with van der Waals surface area (Å²) in [5.41, 5.74) is -0.0503. The summed E-state index contributed by atoms with van der Waals surface area (Å²) >= 11 is 0. The molecule has 0 spiro atoms. The summed E-state index contributed by atoms with van der Waals surface area (Å²) in [5.74, 6) is -0.532. The van der Waals surface area contributed by atoms with Gasteiger partial charge in [0.1, 0.15) is 0 Å². The van der Waals surface area contributed by atoms with E-state index >= 15 is 0 Å². The first-order valence-electron chi connectivity index (χ1n) is 14.0. The Morgan fingerprint density at radius 1 is 0.974 bits per heavy atom. The second kappa shape index (κ2) is 11.8. The van der Waals surface area contributed by atoms with E-state index in [0.717, 1.165) is 104 Å². The summed E-state index contributed by atoms with van der Waals surface area (Å²) in [7, 11) is 1.61. The van der Waals surface area contributed by atoms with Crippen LogP contribution in [-0.2, 0) is 18.0 Å². The van der Waals surface area contributed by atoms with Crippen molar-refractivity contribution in [1.82, 2.24) is 24.9 Å². The number of fused-ring (bicyclic) bond motifs is 1. The first kappa shape index (κ1) is 27.2. The number of morpholine rings is 1. The van der Waals surface area contributed by atoms with Gasteiger partial charge in [-0.15, -0.1) is 0 Å². The number of amides is 1. The van der Waals surface area contributed by atoms with Crippen LogP contribution < -0.4 is 10.2 Å². The minimum atomic E-state index is -4.59. The number of ether oxygens (including phenoxy) is 1. The quantitative estimate of drug-likeness (QED) is 0.610. The van der Waals surface area contributed by atoms with Gasteiger partial charge in [0.05, 0.1) is 24.3 Å². The lowest BCUT2D eigenvalue weighted by molar-refractivity contribution is -0.136. The average molecular weight is 537 g/mol. The Hall–Kier alpha value is -2.37. The minimum Gasteiger partial charge on any atom is -0.379 e. The van der Waals surface area contributed by atoms with Crippen LogP contribution >= 0.6 is 0 Å². The number of rotatable bonds is 6. The molecule has 2 aromatic rings. The molecule has 0 atom stereocenters. The molecule has 3 aliphatic rings. The van der Waals surface area contributed by atoms with Crippen LogP contribution in [-0.4, -0.2) is 97.1 Å². The van der Waals surface area contributed by atoms with E-state index < -0.39 is 17.6 Å². The van der Waals surface area contributed by atoms with Crippen LogP contribution in [0.2, 0.25) is 0 Å². The van der Waals surface area contributed by atoms with Crippen molar-refractivity contribution in [3.63, 3.8) is 0 Å². The number of carbonyl (C=O) groups is 1. The maximum Gasteiger partial charge on any atom is 0.417 e. The number of halogens is 3. The lowest BCUT2D eigenvalue weighted by Gasteiger charge is -2.34. The van der Waals surface area contributed by atoms with Crippen molar-refractivity contribution < 1.29 is 22.7 Å². The van der Waals surface area contributed by atoms with E-state index in [9.17, 15) is 18.0 Å². The molecule has 38 heavy (non-hydrogen) atoms. The molecule has 11 heteroatoms. The highest BCUT2D eigenvalue weighted by atomic mass is 19.4. The summed E-state index contributed by atoms with van der Waals surface area (Å²) in [6.45, 7) is 8.64. The normalized spacial score (nSPS) is 21.1. The molecule has 4 heterocycles. The van der Waals surface area contributed by atoms with Gasteiger partial charge in [0.25, 0.3) is 5.91 Å². The van der Waals surface area contributed by atoms with Crippen molar-refractivity contribution in [1.29, 1.82) is 0 Å². The third-order valence-electron chi connectivity index (χ3n) is 8.19. The lowest BCUT2D eigenvalue weighted by Crippen LogP contribution is -2.47. The fourth-order valence-corrected chi connectivity index (χ4v) is 5.93. The fraction of sp³-hybridized carbons (Fsp3) is 0.704. The van der Waals surface area contributed by atoms with Gasteiger partial charge in [-0.05, 0) is 37.8 Å². The van der Waals surface area contributed by atoms with Gasteiger partial charge in [-0.2, -0.15) is 18.3 Å². The van der Waals surface area contributed by atoms with Gasteiger partial charge in [0.2, 0.25) is 0 Å². The monoisotopic (exact) mass is 536 g/mol. The second-order valence-corrected chi connectivity index (χ2v) is 10.8. The third kappa shape index (κ3) is 6.26. The molecule has 3 aliphatic heterocycles. The van der Waals surface area contributed by atoms with Crippen LogP contribution in [0.1, 0.15) is 54.6 Å². The van der Waals surface area contributed by atoms with Gasteiger partial charge < -0.3 is 19.9 Å². The highest BCUT2D eigenvalue weighted by molar-refractivity contribution is 6.07. The number of alkyl halides is 3. The Morgan fingerprint density at radius 3 is 2.24 bits per heavy atom. The minimum absolute atomic E-state index is 0.0788. The molecule has 1 aromatic carbocycles. The van der Waals surface area contributed by atoms with E-state index in [-0.39, 0.29) is 17.1 Å². The summed E-state index contributed by atoms with van der Waals surface area (Å²) in [5, 5.41) is 7.16. The highest BCUT2D eigenvalue weighted by Gasteiger charge is 2.37. The molecule has 1 aromatic heterocycles. The number of anilines is 1. The van der Waals surface area contributed by atoms with Crippen molar-refractivity contribution >= 4 is 22.5 Å². The van der Waals surface area contributed by atoms with Gasteiger partial charge in [0, 0.05) is 76.5 Å². The number of carbonyl (C=O) groups excluding carboxylic acids is 1. The molecule has 0 radical (unpaired) electrons. The van der Waals surface area contributed by atoms with Crippen LogP contribution in [0.4, 0.5) is 18.9 Å². The zero-order valence-electron chi connectivity index (χ0n) is 22.2. The number of nitrogens with one attached hydrogen (secondary N) is 1. The zero-order valence-corrected chi connectivity index (χ0v) is 22.2. The molecular formula is C27H39F3N6O2. The Labute approximate surface area is 222 Å². The Kier molecular flexibility index (Phi) is 8.44. The second-order valence-electron chi connectivity index (χ2n) is 10.8. The first-order chi connectivity index (χ1) is 18.3. The largest absolute Gasteiger partial charge is 0.417 e. The van der Waals surface area contributed by atoms with Crippen LogP contribution in [0, 0.1) is 0 Å². The molecule has 3 fully saturated rings. The fourth-order valence-electron chi connectivity index (χ4n) is 5.93. The van der Waals surface area contributed by atoms with E-state index in [1.54, 1.807) is 13.1 Å². The summed E-state index contributed by atoms with van der Waals surface area (Å²) < 4.78 is 49.7. The Bertz CT molecular complexity index is 1100. The molecular weight excluding hydrogens is 497 g/mol. The van der Waals surface area contributed by atoms with Crippen molar-refractivity contribution in [3.05, 3.63) is 23.4 Å². The maximum absolute atomic E-state index is 14.3. The predicted molar refractivity (Wildman–Crippen MR) is 141 cm³/mol. The lowest BCUT2D eigenvalue weighted by atomic mass is 10.0. The van der Waals surface area contributed by atoms with Gasteiger partial charge in [-0.3, -0.25) is 14.4 Å². The molecule has 3 saturated heterocycles. The van der Waals surface area contributed by atoms with Crippen molar-refractivity contribution in [2.24, 2.45) is 7.05 Å². The molecule has 8 nitrogen and oxygen atoms in total. The van der Waals surface area contributed by atoms with Crippen LogP contribution in [0.5, 0.6) is 0 Å². The Balaban J connectivity index is 1.28. The average Bonchev–Trinajstić information content (AvgIpc) is 3.07. The molecule has 210 valence electrons. The molecule has 0 aliphatic carbocycles. The van der Waals surface area contributed by atoms with E-state index in [0.29, 0.717) is 11.2 Å². The van der Waals surface area contributed by atoms with Crippen LogP contribution in [0.15, 0.2) is 12.1 Å². The van der Waals surface area contributed by atoms with E-state index in [1.165, 1.54) is 10.7 Å². The molecule has 1 N–H and O–H groups in total. The third-order valence-corrected chi connectivity index (χ3v) is 8.19. The zero-order chi connectivity index (χ0) is 26.7. The number of hydrogen-bond acceptors (Lipinski definition) is 6. The van der Waals surface area contributed by atoms with E-state index in [4.69, 9.17) is 4.74 Å². The SMILES string of the molecule is Cn1nc(C(=O)NC2CCN(CCN3CCOCC3)CC2)c2c(C(F)(F)F)cc(N3CCCCCC3)cc21. The number of likely N-dealkylation sites (tertiary alicyclic amines) is 1. The number of hydrogen-bond donors (Lipinski definition) is 1. The topological polar surface area (TPSA) is 65.9 Å². The molecule has 5 rings (SSSR count). The van der Waals surface area contributed by atoms with Gasteiger partial charge in [-0.25, -0.2) is 0 Å². The number of nitrogens with zero attached hydrogens (tertiary/aromatic N) is 5. The maximum atomic E-state index is 14.3. The van der Waals surface area contributed by atoms with Gasteiger partial charge in [0.15, 0.2) is 5.69 Å². The molecule has 0 unspecified atom stereocenters. The first-order valence-corrected chi connectivity index (χ1v) is 14.0. The van der Waals surface area contributed by atoms with Gasteiger partial charge >= 0.3 is 6.18 Å². The number of benzene rings is 1. The summed E-state index contributed by atoms with van der Waals surface area (Å²) in [4.78, 5) is 20.1. The highest BCUT2D eigenvalue weighted by Crippen LogP contribution is 2.39. The number of piperidine rings is 1. The molecule has 1 amide bonds. The number of aromatic nitrogens is 2. The smallest absolute Gasteiger partial charge is 0.379 e. The van der Waals surface area contributed by atoms with Crippen LogP contribution in [0.3, 0.4) is 0 Å². The molecule has 0 bridgehead atoms. The number of aryl methyl sites for hydroxylation is 1.